The highest BCUT2D eigenvalue weighted by Crippen LogP contribution is 2.33. The van der Waals surface area contributed by atoms with Gasteiger partial charge in [-0.2, -0.15) is 4.31 Å². The van der Waals surface area contributed by atoms with Crippen molar-refractivity contribution >= 4 is 21.4 Å². The molecule has 1 aromatic heterocycles. The summed E-state index contributed by atoms with van der Waals surface area (Å²) in [6.07, 6.45) is 1.59. The predicted octanol–water partition coefficient (Wildman–Crippen LogP) is 2.06. The second kappa shape index (κ2) is 5.16. The van der Waals surface area contributed by atoms with E-state index in [0.717, 1.165) is 17.7 Å². The molecule has 0 aliphatic carbocycles. The first-order valence-corrected chi connectivity index (χ1v) is 8.87. The fourth-order valence-corrected chi connectivity index (χ4v) is 5.42. The maximum absolute atomic E-state index is 12.6. The van der Waals surface area contributed by atoms with Gasteiger partial charge in [-0.15, -0.1) is 11.3 Å². The van der Waals surface area contributed by atoms with Gasteiger partial charge in [0.15, 0.2) is 0 Å². The molecule has 1 atom stereocenters. The van der Waals surface area contributed by atoms with Crippen LogP contribution in [0.15, 0.2) is 16.3 Å². The minimum Gasteiger partial charge on any atom is -0.327 e. The van der Waals surface area contributed by atoms with Gasteiger partial charge in [0, 0.05) is 24.0 Å². The molecule has 1 saturated heterocycles. The zero-order chi connectivity index (χ0) is 14.3. The Kier molecular flexibility index (Phi) is 4.07. The Labute approximate surface area is 119 Å². The minimum absolute atomic E-state index is 0.0634. The molecule has 1 unspecified atom stereocenters. The number of nitrogens with two attached hydrogens (primary N) is 1. The second-order valence-corrected chi connectivity index (χ2v) is 9.13. The molecule has 2 rings (SSSR count). The molecule has 1 aromatic rings. The number of hydrogen-bond donors (Lipinski definition) is 1. The van der Waals surface area contributed by atoms with Gasteiger partial charge < -0.3 is 5.73 Å². The lowest BCUT2D eigenvalue weighted by molar-refractivity contribution is 0.156. The molecular weight excluding hydrogens is 280 g/mol. The van der Waals surface area contributed by atoms with Crippen molar-refractivity contribution in [2.75, 3.05) is 13.1 Å². The number of thiophene rings is 1. The van der Waals surface area contributed by atoms with Crippen molar-refractivity contribution in [2.45, 2.75) is 43.9 Å². The summed E-state index contributed by atoms with van der Waals surface area (Å²) in [5.41, 5.74) is 5.89. The standard InChI is InChI=1S/C13H22N2O2S2/c1-4-10-5-6-12(18-10)19(16,17)15-8-7-11(14)13(2,3)9-15/h5-6,11H,4,7-9,14H2,1-3H3. The van der Waals surface area contributed by atoms with Crippen molar-refractivity contribution in [1.82, 2.24) is 4.31 Å². The first-order valence-electron chi connectivity index (χ1n) is 6.62. The van der Waals surface area contributed by atoms with E-state index in [9.17, 15) is 8.42 Å². The van der Waals surface area contributed by atoms with Crippen LogP contribution in [-0.4, -0.2) is 31.9 Å². The van der Waals surface area contributed by atoms with E-state index in [0.29, 0.717) is 17.3 Å². The molecule has 0 spiro atoms. The molecule has 19 heavy (non-hydrogen) atoms. The monoisotopic (exact) mass is 302 g/mol. The minimum atomic E-state index is -3.35. The summed E-state index contributed by atoms with van der Waals surface area (Å²) in [6, 6.07) is 3.69. The quantitative estimate of drug-likeness (QED) is 0.929. The summed E-state index contributed by atoms with van der Waals surface area (Å²) in [7, 11) is -3.35. The van der Waals surface area contributed by atoms with E-state index in [4.69, 9.17) is 5.73 Å². The summed E-state index contributed by atoms with van der Waals surface area (Å²) >= 11 is 1.37. The van der Waals surface area contributed by atoms with Crippen LogP contribution in [0.4, 0.5) is 0 Å². The molecule has 2 N–H and O–H groups in total. The number of nitrogens with zero attached hydrogens (tertiary/aromatic N) is 1. The van der Waals surface area contributed by atoms with Crippen LogP contribution in [0.3, 0.4) is 0 Å². The van der Waals surface area contributed by atoms with Crippen molar-refractivity contribution in [3.05, 3.63) is 17.0 Å². The number of rotatable bonds is 3. The predicted molar refractivity (Wildman–Crippen MR) is 78.8 cm³/mol. The average molecular weight is 302 g/mol. The Hall–Kier alpha value is -0.430. The van der Waals surface area contributed by atoms with E-state index < -0.39 is 10.0 Å². The summed E-state index contributed by atoms with van der Waals surface area (Å²) in [4.78, 5) is 1.10. The normalized spacial score (nSPS) is 24.5. The number of aryl methyl sites for hydroxylation is 1. The Bertz CT molecular complexity index is 549. The first kappa shape index (κ1) is 15.0. The van der Waals surface area contributed by atoms with Crippen LogP contribution in [0.5, 0.6) is 0 Å². The fraction of sp³-hybridized carbons (Fsp3) is 0.692. The van der Waals surface area contributed by atoms with Crippen LogP contribution in [0.2, 0.25) is 0 Å². The Morgan fingerprint density at radius 3 is 2.68 bits per heavy atom. The molecule has 6 heteroatoms. The zero-order valence-electron chi connectivity index (χ0n) is 11.7. The highest BCUT2D eigenvalue weighted by molar-refractivity contribution is 7.91. The fourth-order valence-electron chi connectivity index (χ4n) is 2.34. The molecule has 0 radical (unpaired) electrons. The van der Waals surface area contributed by atoms with E-state index in [1.807, 2.05) is 26.8 Å². The van der Waals surface area contributed by atoms with Crippen molar-refractivity contribution in [3.63, 3.8) is 0 Å². The Balaban J connectivity index is 2.25. The maximum Gasteiger partial charge on any atom is 0.252 e. The molecule has 108 valence electrons. The lowest BCUT2D eigenvalue weighted by atomic mass is 9.81. The van der Waals surface area contributed by atoms with E-state index in [1.165, 1.54) is 11.3 Å². The smallest absolute Gasteiger partial charge is 0.252 e. The van der Waals surface area contributed by atoms with Crippen molar-refractivity contribution in [1.29, 1.82) is 0 Å². The van der Waals surface area contributed by atoms with Gasteiger partial charge in [0.05, 0.1) is 0 Å². The van der Waals surface area contributed by atoms with E-state index in [1.54, 1.807) is 10.4 Å². The molecule has 1 aliphatic heterocycles. The molecule has 1 aliphatic rings. The van der Waals surface area contributed by atoms with Crippen LogP contribution < -0.4 is 5.73 Å². The van der Waals surface area contributed by atoms with Gasteiger partial charge >= 0.3 is 0 Å². The maximum atomic E-state index is 12.6. The topological polar surface area (TPSA) is 63.4 Å². The number of piperidine rings is 1. The number of sulfonamides is 1. The summed E-state index contributed by atoms with van der Waals surface area (Å²) < 4.78 is 27.3. The van der Waals surface area contributed by atoms with Gasteiger partial charge in [-0.05, 0) is 30.4 Å². The molecule has 2 heterocycles. The first-order chi connectivity index (χ1) is 8.77. The SMILES string of the molecule is CCc1ccc(S(=O)(=O)N2CCC(N)C(C)(C)C2)s1. The third kappa shape index (κ3) is 2.86. The van der Waals surface area contributed by atoms with Gasteiger partial charge in [-0.1, -0.05) is 20.8 Å². The summed E-state index contributed by atoms with van der Waals surface area (Å²) in [6.45, 7) is 7.11. The molecule has 4 nitrogen and oxygen atoms in total. The van der Waals surface area contributed by atoms with Crippen LogP contribution in [0.25, 0.3) is 0 Å². The third-order valence-corrected chi connectivity index (χ3v) is 7.40. The van der Waals surface area contributed by atoms with Gasteiger partial charge in [0.2, 0.25) is 0 Å². The Morgan fingerprint density at radius 1 is 1.47 bits per heavy atom. The molecule has 0 amide bonds. The van der Waals surface area contributed by atoms with Crippen LogP contribution in [-0.2, 0) is 16.4 Å². The molecule has 0 bridgehead atoms. The van der Waals surface area contributed by atoms with Crippen LogP contribution in [0, 0.1) is 5.41 Å². The average Bonchev–Trinajstić information content (AvgIpc) is 2.81. The summed E-state index contributed by atoms with van der Waals surface area (Å²) in [5.74, 6) is 0. The van der Waals surface area contributed by atoms with Gasteiger partial charge in [0.1, 0.15) is 4.21 Å². The van der Waals surface area contributed by atoms with Crippen molar-refractivity contribution < 1.29 is 8.42 Å². The number of hydrogen-bond acceptors (Lipinski definition) is 4. The van der Waals surface area contributed by atoms with Gasteiger partial charge in [-0.3, -0.25) is 0 Å². The Morgan fingerprint density at radius 2 is 2.16 bits per heavy atom. The molecule has 0 saturated carbocycles. The lowest BCUT2D eigenvalue weighted by Crippen LogP contribution is -2.53. The lowest BCUT2D eigenvalue weighted by Gasteiger charge is -2.41. The highest BCUT2D eigenvalue weighted by atomic mass is 32.2. The van der Waals surface area contributed by atoms with Crippen molar-refractivity contribution in [3.8, 4) is 0 Å². The van der Waals surface area contributed by atoms with Gasteiger partial charge in [-0.25, -0.2) is 8.42 Å². The zero-order valence-corrected chi connectivity index (χ0v) is 13.4. The van der Waals surface area contributed by atoms with Crippen molar-refractivity contribution in [2.24, 2.45) is 11.1 Å². The van der Waals surface area contributed by atoms with Gasteiger partial charge in [0.25, 0.3) is 10.0 Å². The van der Waals surface area contributed by atoms with E-state index in [2.05, 4.69) is 0 Å². The second-order valence-electron chi connectivity index (χ2n) is 5.80. The molecule has 0 aromatic carbocycles. The largest absolute Gasteiger partial charge is 0.327 e. The third-order valence-electron chi connectivity index (χ3n) is 3.86. The highest BCUT2D eigenvalue weighted by Gasteiger charge is 2.39. The van der Waals surface area contributed by atoms with Crippen LogP contribution >= 0.6 is 11.3 Å². The summed E-state index contributed by atoms with van der Waals surface area (Å²) in [5, 5.41) is 0. The van der Waals surface area contributed by atoms with E-state index in [-0.39, 0.29) is 11.5 Å². The van der Waals surface area contributed by atoms with E-state index >= 15 is 0 Å². The van der Waals surface area contributed by atoms with Crippen LogP contribution in [0.1, 0.15) is 32.1 Å². The molecular formula is C13H22N2O2S2. The molecule has 1 fully saturated rings.